The Morgan fingerprint density at radius 2 is 1.75 bits per heavy atom. The Morgan fingerprint density at radius 1 is 1.06 bits per heavy atom. The van der Waals surface area contributed by atoms with Gasteiger partial charge < -0.3 is 24.4 Å². The molecule has 2 aliphatic rings. The van der Waals surface area contributed by atoms with Gasteiger partial charge in [0.15, 0.2) is 11.5 Å². The number of likely N-dealkylation sites (tertiary alicyclic amines) is 1. The molecule has 2 aliphatic heterocycles. The summed E-state index contributed by atoms with van der Waals surface area (Å²) < 4.78 is 11.2. The zero-order valence-corrected chi connectivity index (χ0v) is 18.6. The van der Waals surface area contributed by atoms with E-state index in [0.29, 0.717) is 43.2 Å². The van der Waals surface area contributed by atoms with Crippen molar-refractivity contribution in [3.05, 3.63) is 64.7 Å². The highest BCUT2D eigenvalue weighted by Crippen LogP contribution is 2.41. The minimum Gasteiger partial charge on any atom is -0.507 e. The fourth-order valence-electron chi connectivity index (χ4n) is 4.11. The van der Waals surface area contributed by atoms with E-state index in [4.69, 9.17) is 9.47 Å². The molecule has 168 valence electrons. The van der Waals surface area contributed by atoms with Crippen LogP contribution in [0.3, 0.4) is 0 Å². The van der Waals surface area contributed by atoms with Crippen LogP contribution in [0.1, 0.15) is 29.2 Å². The highest BCUT2D eigenvalue weighted by molar-refractivity contribution is 6.46. The molecule has 0 saturated carbocycles. The number of carbonyl (C=O) groups excluding carboxylic acids is 2. The molecule has 7 nitrogen and oxygen atoms in total. The van der Waals surface area contributed by atoms with Crippen LogP contribution in [0, 0.1) is 6.92 Å². The minimum atomic E-state index is -0.673. The van der Waals surface area contributed by atoms with Crippen molar-refractivity contribution in [1.82, 2.24) is 9.80 Å². The number of hydrogen-bond donors (Lipinski definition) is 1. The summed E-state index contributed by atoms with van der Waals surface area (Å²) in [5, 5.41) is 11.2. The molecule has 2 aromatic carbocycles. The summed E-state index contributed by atoms with van der Waals surface area (Å²) in [6.07, 6.45) is 0.715. The van der Waals surface area contributed by atoms with Gasteiger partial charge in [-0.25, -0.2) is 0 Å². The van der Waals surface area contributed by atoms with Gasteiger partial charge in [-0.1, -0.05) is 29.8 Å². The molecule has 0 bridgehead atoms. The molecule has 0 spiro atoms. The van der Waals surface area contributed by atoms with Crippen LogP contribution in [0.4, 0.5) is 0 Å². The average Bonchev–Trinajstić information content (AvgIpc) is 3.03. The van der Waals surface area contributed by atoms with Crippen molar-refractivity contribution in [3.8, 4) is 11.5 Å². The number of carbonyl (C=O) groups is 2. The summed E-state index contributed by atoms with van der Waals surface area (Å²) in [4.78, 5) is 29.7. The number of hydrogen-bond acceptors (Lipinski definition) is 6. The van der Waals surface area contributed by atoms with E-state index in [0.717, 1.165) is 17.7 Å². The predicted molar refractivity (Wildman–Crippen MR) is 121 cm³/mol. The summed E-state index contributed by atoms with van der Waals surface area (Å²) in [5.74, 6) is -0.373. The number of aliphatic hydroxyl groups is 1. The molecule has 2 aromatic rings. The number of ketones is 1. The molecule has 1 atom stereocenters. The summed E-state index contributed by atoms with van der Waals surface area (Å²) in [5.41, 5.74) is 2.38. The predicted octanol–water partition coefficient (Wildman–Crippen LogP) is 3.14. The topological polar surface area (TPSA) is 79.3 Å². The molecular weight excluding hydrogens is 408 g/mol. The second-order valence-electron chi connectivity index (χ2n) is 8.42. The minimum absolute atomic E-state index is 0.0976. The maximum atomic E-state index is 13.1. The third kappa shape index (κ3) is 4.21. The molecule has 0 aromatic heterocycles. The Morgan fingerprint density at radius 3 is 2.44 bits per heavy atom. The first-order chi connectivity index (χ1) is 15.4. The number of fused-ring (bicyclic) bond motifs is 1. The number of nitrogens with zero attached hydrogens (tertiary/aromatic N) is 2. The van der Waals surface area contributed by atoms with Crippen LogP contribution in [0.15, 0.2) is 48.0 Å². The summed E-state index contributed by atoms with van der Waals surface area (Å²) in [6.45, 7) is 4.05. The third-order valence-electron chi connectivity index (χ3n) is 5.75. The summed E-state index contributed by atoms with van der Waals surface area (Å²) in [6, 6.07) is 12.1. The number of Topliss-reactive ketones (excluding diaryl/α,β-unsaturated/α-hetero) is 1. The number of aliphatic hydroxyl groups excluding tert-OH is 1. The maximum Gasteiger partial charge on any atom is 0.295 e. The van der Waals surface area contributed by atoms with Crippen LogP contribution < -0.4 is 9.47 Å². The zero-order valence-electron chi connectivity index (χ0n) is 18.6. The lowest BCUT2D eigenvalue weighted by Crippen LogP contribution is -2.32. The van der Waals surface area contributed by atoms with E-state index in [1.54, 1.807) is 23.1 Å². The number of rotatable bonds is 6. The van der Waals surface area contributed by atoms with Gasteiger partial charge >= 0.3 is 0 Å². The van der Waals surface area contributed by atoms with E-state index in [-0.39, 0.29) is 11.3 Å². The fraction of sp³-hybridized carbons (Fsp3) is 0.360. The highest BCUT2D eigenvalue weighted by Gasteiger charge is 2.45. The first-order valence-corrected chi connectivity index (χ1v) is 10.8. The number of amides is 1. The number of ether oxygens (including phenoxy) is 2. The fourth-order valence-corrected chi connectivity index (χ4v) is 4.11. The van der Waals surface area contributed by atoms with Crippen molar-refractivity contribution in [2.75, 3.05) is 40.4 Å². The van der Waals surface area contributed by atoms with Gasteiger partial charge in [0.2, 0.25) is 0 Å². The van der Waals surface area contributed by atoms with Crippen LogP contribution in [-0.4, -0.2) is 67.0 Å². The summed E-state index contributed by atoms with van der Waals surface area (Å²) >= 11 is 0. The molecule has 1 amide bonds. The van der Waals surface area contributed by atoms with E-state index in [2.05, 4.69) is 0 Å². The van der Waals surface area contributed by atoms with Crippen molar-refractivity contribution in [2.45, 2.75) is 19.4 Å². The summed E-state index contributed by atoms with van der Waals surface area (Å²) in [7, 11) is 3.93. The van der Waals surface area contributed by atoms with Gasteiger partial charge in [-0.15, -0.1) is 0 Å². The van der Waals surface area contributed by atoms with Crippen LogP contribution in [0.2, 0.25) is 0 Å². The lowest BCUT2D eigenvalue weighted by atomic mass is 9.94. The Balaban J connectivity index is 1.77. The van der Waals surface area contributed by atoms with Gasteiger partial charge in [0.05, 0.1) is 11.6 Å². The zero-order chi connectivity index (χ0) is 22.8. The first-order valence-electron chi connectivity index (χ1n) is 10.8. The van der Waals surface area contributed by atoms with Gasteiger partial charge in [-0.05, 0) is 57.7 Å². The van der Waals surface area contributed by atoms with Crippen LogP contribution >= 0.6 is 0 Å². The van der Waals surface area contributed by atoms with Crippen molar-refractivity contribution >= 4 is 17.4 Å². The molecule has 0 radical (unpaired) electrons. The van der Waals surface area contributed by atoms with E-state index in [1.165, 1.54) is 0 Å². The highest BCUT2D eigenvalue weighted by atomic mass is 16.6. The van der Waals surface area contributed by atoms with E-state index in [9.17, 15) is 14.7 Å². The Kier molecular flexibility index (Phi) is 6.19. The third-order valence-corrected chi connectivity index (χ3v) is 5.75. The Bertz CT molecular complexity index is 1060. The lowest BCUT2D eigenvalue weighted by molar-refractivity contribution is -0.139. The van der Waals surface area contributed by atoms with Crippen molar-refractivity contribution in [2.24, 2.45) is 0 Å². The standard InChI is InChI=1S/C25H28N2O5/c1-16-5-7-17(8-6-16)22-21(24(29)25(30)27(22)12-4-11-26(2)3)23(28)18-9-10-19-20(15-18)32-14-13-31-19/h5-10,15,22,28H,4,11-14H2,1-3H3/t22-/m0/s1. The van der Waals surface area contributed by atoms with Crippen LogP contribution in [-0.2, 0) is 9.59 Å². The first kappa shape index (κ1) is 21.9. The van der Waals surface area contributed by atoms with Crippen LogP contribution in [0.25, 0.3) is 5.76 Å². The van der Waals surface area contributed by atoms with Crippen molar-refractivity contribution in [1.29, 1.82) is 0 Å². The van der Waals surface area contributed by atoms with E-state index < -0.39 is 17.7 Å². The van der Waals surface area contributed by atoms with Gasteiger partial charge in [0.1, 0.15) is 19.0 Å². The molecule has 0 aliphatic carbocycles. The van der Waals surface area contributed by atoms with E-state index in [1.807, 2.05) is 50.2 Å². The molecule has 4 rings (SSSR count). The average molecular weight is 437 g/mol. The van der Waals surface area contributed by atoms with Crippen molar-refractivity contribution < 1.29 is 24.2 Å². The largest absolute Gasteiger partial charge is 0.507 e. The lowest BCUT2D eigenvalue weighted by Gasteiger charge is -2.26. The monoisotopic (exact) mass is 436 g/mol. The Hall–Kier alpha value is -3.32. The normalized spacial score (nSPS) is 19.6. The van der Waals surface area contributed by atoms with Crippen LogP contribution in [0.5, 0.6) is 11.5 Å². The number of aryl methyl sites for hydroxylation is 1. The molecule has 1 saturated heterocycles. The van der Waals surface area contributed by atoms with Gasteiger partial charge in [-0.2, -0.15) is 0 Å². The van der Waals surface area contributed by atoms with Crippen molar-refractivity contribution in [3.63, 3.8) is 0 Å². The molecule has 1 fully saturated rings. The van der Waals surface area contributed by atoms with Gasteiger partial charge in [0.25, 0.3) is 11.7 Å². The molecule has 7 heteroatoms. The van der Waals surface area contributed by atoms with Gasteiger partial charge in [-0.3, -0.25) is 9.59 Å². The quantitative estimate of drug-likeness (QED) is 0.426. The second kappa shape index (κ2) is 9.04. The molecular formula is C25H28N2O5. The molecule has 0 unspecified atom stereocenters. The molecule has 1 N–H and O–H groups in total. The second-order valence-corrected chi connectivity index (χ2v) is 8.42. The van der Waals surface area contributed by atoms with Gasteiger partial charge in [0, 0.05) is 12.1 Å². The van der Waals surface area contributed by atoms with E-state index >= 15 is 0 Å². The maximum absolute atomic E-state index is 13.1. The molecule has 2 heterocycles. The SMILES string of the molecule is Cc1ccc([C@H]2C(=C(O)c3ccc4c(c3)OCCO4)C(=O)C(=O)N2CCCN(C)C)cc1. The smallest absolute Gasteiger partial charge is 0.295 e. The number of benzene rings is 2. The molecule has 32 heavy (non-hydrogen) atoms. The Labute approximate surface area is 187 Å².